The summed E-state index contributed by atoms with van der Waals surface area (Å²) in [6, 6.07) is 53.4. The Bertz CT molecular complexity index is 2650. The van der Waals surface area contributed by atoms with Crippen molar-refractivity contribution in [2.24, 2.45) is 0 Å². The number of para-hydroxylation sites is 4. The molecule has 4 nitrogen and oxygen atoms in total. The number of hydrogen-bond donors (Lipinski definition) is 0. The largest absolute Gasteiger partial charge is 0.312 e. The molecule has 0 amide bonds. The average molecular weight is 613 g/mol. The predicted octanol–water partition coefficient (Wildman–Crippen LogP) is 10.8. The lowest BCUT2D eigenvalue weighted by Crippen LogP contribution is -2.06. The van der Waals surface area contributed by atoms with Gasteiger partial charge >= 0.3 is 0 Å². The Kier molecular flexibility index (Phi) is 6.35. The maximum absolute atomic E-state index is 10.3. The third-order valence-electron chi connectivity index (χ3n) is 9.68. The molecule has 0 radical (unpaired) electrons. The number of hydrogen-bond acceptors (Lipinski definition) is 2. The van der Waals surface area contributed by atoms with Crippen molar-refractivity contribution in [1.29, 1.82) is 10.5 Å². The van der Waals surface area contributed by atoms with E-state index in [4.69, 9.17) is 0 Å². The molecule has 0 unspecified atom stereocenters. The third-order valence-corrected chi connectivity index (χ3v) is 9.68. The van der Waals surface area contributed by atoms with Crippen LogP contribution in [0.3, 0.4) is 0 Å². The highest BCUT2D eigenvalue weighted by atomic mass is 15.0. The Labute approximate surface area is 278 Å². The molecule has 0 spiro atoms. The van der Waals surface area contributed by atoms with E-state index in [9.17, 15) is 10.5 Å². The standard InChI is InChI=1S/C44H28N4/c45-27-31-24-23-30(34-14-1-5-18-39(34)48-42-21-8-4-17-37(42)44-32(28-46)12-10-22-43(44)48)26-38(31)29-11-9-13-33(25-29)47-40-19-6-2-15-35(40)36-16-3-7-20-41(36)47/h1-9,11-21,23-26H,10,22H2. The summed E-state index contributed by atoms with van der Waals surface area (Å²) < 4.78 is 4.65. The van der Waals surface area contributed by atoms with Gasteiger partial charge in [0.15, 0.2) is 0 Å². The molecule has 9 rings (SSSR count). The SMILES string of the molecule is N#CC1=CCCc2c1c1ccccc1n2-c1ccccc1-c1ccc(C#N)c(-c2cccc(-n3c4ccccc4c4ccccc43)c2)c1. The van der Waals surface area contributed by atoms with Gasteiger partial charge in [0.25, 0.3) is 0 Å². The normalized spacial score (nSPS) is 12.5. The summed E-state index contributed by atoms with van der Waals surface area (Å²) in [5, 5.41) is 23.8. The van der Waals surface area contributed by atoms with E-state index in [0.717, 1.165) is 85.2 Å². The van der Waals surface area contributed by atoms with Crippen molar-refractivity contribution in [1.82, 2.24) is 9.13 Å². The number of fused-ring (bicyclic) bond motifs is 6. The lowest BCUT2D eigenvalue weighted by atomic mass is 9.93. The van der Waals surface area contributed by atoms with Gasteiger partial charge in [-0.2, -0.15) is 10.5 Å². The van der Waals surface area contributed by atoms with Crippen LogP contribution in [0.4, 0.5) is 0 Å². The van der Waals surface area contributed by atoms with Gasteiger partial charge in [0.2, 0.25) is 0 Å². The summed E-state index contributed by atoms with van der Waals surface area (Å²) in [7, 11) is 0. The fourth-order valence-corrected chi connectivity index (χ4v) is 7.64. The molecule has 0 aliphatic heterocycles. The van der Waals surface area contributed by atoms with Gasteiger partial charge in [-0.1, -0.05) is 97.1 Å². The number of aromatic nitrogens is 2. The quantitative estimate of drug-likeness (QED) is 0.199. The molecule has 0 fully saturated rings. The smallest absolute Gasteiger partial charge is 0.0998 e. The molecule has 0 bridgehead atoms. The third kappa shape index (κ3) is 4.14. The van der Waals surface area contributed by atoms with E-state index in [1.807, 2.05) is 12.1 Å². The molecule has 1 aliphatic carbocycles. The minimum atomic E-state index is 0.628. The van der Waals surface area contributed by atoms with Crippen LogP contribution in [0.1, 0.15) is 23.2 Å². The van der Waals surface area contributed by atoms with Crippen LogP contribution in [0.15, 0.2) is 146 Å². The molecule has 6 aromatic carbocycles. The molecule has 48 heavy (non-hydrogen) atoms. The molecule has 8 aromatic rings. The minimum Gasteiger partial charge on any atom is -0.312 e. The summed E-state index contributed by atoms with van der Waals surface area (Å²) >= 11 is 0. The molecule has 2 aromatic heterocycles. The highest BCUT2D eigenvalue weighted by molar-refractivity contribution is 6.09. The van der Waals surface area contributed by atoms with Crippen LogP contribution in [-0.4, -0.2) is 9.13 Å². The Morgan fingerprint density at radius 2 is 1.17 bits per heavy atom. The van der Waals surface area contributed by atoms with Crippen LogP contribution >= 0.6 is 0 Å². The first-order valence-electron chi connectivity index (χ1n) is 16.2. The van der Waals surface area contributed by atoms with Gasteiger partial charge in [-0.3, -0.25) is 0 Å². The first kappa shape index (κ1) is 27.7. The highest BCUT2D eigenvalue weighted by Gasteiger charge is 2.24. The van der Waals surface area contributed by atoms with Crippen LogP contribution in [0, 0.1) is 22.7 Å². The summed E-state index contributed by atoms with van der Waals surface area (Å²) in [5.74, 6) is 0. The molecule has 0 N–H and O–H groups in total. The van der Waals surface area contributed by atoms with Crippen molar-refractivity contribution in [3.63, 3.8) is 0 Å². The maximum atomic E-state index is 10.3. The van der Waals surface area contributed by atoms with E-state index in [0.29, 0.717) is 5.56 Å². The molecule has 1 aliphatic rings. The van der Waals surface area contributed by atoms with Crippen molar-refractivity contribution in [2.45, 2.75) is 12.8 Å². The predicted molar refractivity (Wildman–Crippen MR) is 195 cm³/mol. The highest BCUT2D eigenvalue weighted by Crippen LogP contribution is 2.41. The van der Waals surface area contributed by atoms with E-state index < -0.39 is 0 Å². The second-order valence-electron chi connectivity index (χ2n) is 12.3. The van der Waals surface area contributed by atoms with Crippen molar-refractivity contribution < 1.29 is 0 Å². The lowest BCUT2D eigenvalue weighted by Gasteiger charge is -2.18. The zero-order valence-corrected chi connectivity index (χ0v) is 26.1. The van der Waals surface area contributed by atoms with E-state index in [1.165, 1.54) is 10.8 Å². The van der Waals surface area contributed by atoms with E-state index >= 15 is 0 Å². The van der Waals surface area contributed by atoms with Crippen molar-refractivity contribution in [3.05, 3.63) is 162 Å². The van der Waals surface area contributed by atoms with Crippen molar-refractivity contribution in [2.75, 3.05) is 0 Å². The van der Waals surface area contributed by atoms with Crippen LogP contribution in [0.5, 0.6) is 0 Å². The van der Waals surface area contributed by atoms with Gasteiger partial charge in [0, 0.05) is 44.2 Å². The molecule has 4 heteroatoms. The second kappa shape index (κ2) is 11.0. The summed E-state index contributed by atoms with van der Waals surface area (Å²) in [4.78, 5) is 0. The monoisotopic (exact) mass is 612 g/mol. The molecule has 224 valence electrons. The van der Waals surface area contributed by atoms with Gasteiger partial charge < -0.3 is 9.13 Å². The zero-order chi connectivity index (χ0) is 32.2. The molecule has 0 atom stereocenters. The molecule has 0 saturated heterocycles. The van der Waals surface area contributed by atoms with Crippen LogP contribution in [0.2, 0.25) is 0 Å². The van der Waals surface area contributed by atoms with Gasteiger partial charge in [0.1, 0.15) is 0 Å². The van der Waals surface area contributed by atoms with Crippen molar-refractivity contribution in [3.8, 4) is 45.8 Å². The number of nitriles is 2. The minimum absolute atomic E-state index is 0.628. The zero-order valence-electron chi connectivity index (χ0n) is 26.1. The molecular weight excluding hydrogens is 585 g/mol. The number of benzene rings is 6. The summed E-state index contributed by atoms with van der Waals surface area (Å²) in [6.45, 7) is 0. The van der Waals surface area contributed by atoms with Crippen molar-refractivity contribution >= 4 is 38.3 Å². The van der Waals surface area contributed by atoms with Crippen LogP contribution in [-0.2, 0) is 6.42 Å². The van der Waals surface area contributed by atoms with Gasteiger partial charge in [-0.25, -0.2) is 0 Å². The van der Waals surface area contributed by atoms with E-state index in [-0.39, 0.29) is 0 Å². The van der Waals surface area contributed by atoms with E-state index in [2.05, 4.69) is 155 Å². The van der Waals surface area contributed by atoms with Gasteiger partial charge in [-0.05, 0) is 72.5 Å². The summed E-state index contributed by atoms with van der Waals surface area (Å²) in [5.41, 5.74) is 13.0. The molecular formula is C44H28N4. The van der Waals surface area contributed by atoms with Crippen LogP contribution < -0.4 is 0 Å². The Morgan fingerprint density at radius 3 is 1.90 bits per heavy atom. The fourth-order valence-electron chi connectivity index (χ4n) is 7.64. The topological polar surface area (TPSA) is 57.4 Å². The first-order chi connectivity index (χ1) is 23.7. The Balaban J connectivity index is 1.23. The van der Waals surface area contributed by atoms with E-state index in [1.54, 1.807) is 0 Å². The number of nitrogens with zero attached hydrogens (tertiary/aromatic N) is 4. The average Bonchev–Trinajstić information content (AvgIpc) is 3.68. The number of allylic oxidation sites excluding steroid dienone is 2. The summed E-state index contributed by atoms with van der Waals surface area (Å²) in [6.07, 6.45) is 3.75. The number of rotatable bonds is 4. The van der Waals surface area contributed by atoms with Gasteiger partial charge in [0.05, 0.1) is 45.5 Å². The van der Waals surface area contributed by atoms with Crippen LogP contribution in [0.25, 0.3) is 71.9 Å². The Morgan fingerprint density at radius 1 is 0.521 bits per heavy atom. The molecule has 0 saturated carbocycles. The lowest BCUT2D eigenvalue weighted by molar-refractivity contribution is 0.886. The first-order valence-corrected chi connectivity index (χ1v) is 16.2. The maximum Gasteiger partial charge on any atom is 0.0998 e. The second-order valence-corrected chi connectivity index (χ2v) is 12.3. The molecule has 2 heterocycles. The Hall–Kier alpha value is -6.62. The van der Waals surface area contributed by atoms with Gasteiger partial charge in [-0.15, -0.1) is 0 Å². The fraction of sp³-hybridized carbons (Fsp3) is 0.0455.